The molecule has 2 fully saturated rings. The molecule has 2 saturated heterocycles. The number of carbonyl (C=O) groups is 2. The molecule has 2 aliphatic heterocycles. The van der Waals surface area contributed by atoms with Crippen molar-refractivity contribution in [2.45, 2.75) is 36.1 Å². The standard InChI is InChI=1S/C10H15NO4S2/c12-9(13)3-1-2-6(10(14)15)11-7-4-16-8(11)5-17-7/h6-8H,1-5H2,(H,12,13)(H,14,15). The van der Waals surface area contributed by atoms with E-state index in [9.17, 15) is 14.7 Å². The van der Waals surface area contributed by atoms with Crippen molar-refractivity contribution in [1.82, 2.24) is 4.90 Å². The molecule has 2 heterocycles. The summed E-state index contributed by atoms with van der Waals surface area (Å²) in [6.45, 7) is 0. The van der Waals surface area contributed by atoms with Crippen LogP contribution in [0.1, 0.15) is 19.3 Å². The number of hydrogen-bond donors (Lipinski definition) is 2. The molecule has 2 aliphatic rings. The average Bonchev–Trinajstić information content (AvgIpc) is 2.83. The molecule has 0 aromatic heterocycles. The van der Waals surface area contributed by atoms with Crippen molar-refractivity contribution in [3.05, 3.63) is 0 Å². The lowest BCUT2D eigenvalue weighted by molar-refractivity contribution is -0.144. The quantitative estimate of drug-likeness (QED) is 0.754. The van der Waals surface area contributed by atoms with Gasteiger partial charge < -0.3 is 10.2 Å². The van der Waals surface area contributed by atoms with Crippen LogP contribution in [0.4, 0.5) is 0 Å². The van der Waals surface area contributed by atoms with Crippen LogP contribution in [0.3, 0.4) is 0 Å². The maximum Gasteiger partial charge on any atom is 0.320 e. The summed E-state index contributed by atoms with van der Waals surface area (Å²) < 4.78 is 0. The number of carboxylic acid groups (broad SMARTS) is 2. The van der Waals surface area contributed by atoms with E-state index in [4.69, 9.17) is 5.11 Å². The summed E-state index contributed by atoms with van der Waals surface area (Å²) in [6.07, 6.45) is 0.903. The Labute approximate surface area is 108 Å². The van der Waals surface area contributed by atoms with Gasteiger partial charge in [0, 0.05) is 17.9 Å². The molecule has 96 valence electrons. The van der Waals surface area contributed by atoms with Gasteiger partial charge in [0.1, 0.15) is 6.04 Å². The largest absolute Gasteiger partial charge is 0.481 e. The predicted molar refractivity (Wildman–Crippen MR) is 67.2 cm³/mol. The van der Waals surface area contributed by atoms with Crippen LogP contribution in [0.15, 0.2) is 0 Å². The van der Waals surface area contributed by atoms with Crippen molar-refractivity contribution in [3.63, 3.8) is 0 Å². The van der Waals surface area contributed by atoms with Gasteiger partial charge in [0.25, 0.3) is 0 Å². The monoisotopic (exact) mass is 277 g/mol. The van der Waals surface area contributed by atoms with E-state index in [1.165, 1.54) is 0 Å². The number of hydrogen-bond acceptors (Lipinski definition) is 5. The van der Waals surface area contributed by atoms with Crippen LogP contribution >= 0.6 is 23.5 Å². The number of carboxylic acids is 2. The lowest BCUT2D eigenvalue weighted by Gasteiger charge is -2.27. The van der Waals surface area contributed by atoms with Crippen LogP contribution in [0.25, 0.3) is 0 Å². The minimum absolute atomic E-state index is 0.0488. The van der Waals surface area contributed by atoms with E-state index in [-0.39, 0.29) is 6.42 Å². The topological polar surface area (TPSA) is 77.8 Å². The third kappa shape index (κ3) is 2.89. The second-order valence-electron chi connectivity index (χ2n) is 4.16. The fraction of sp³-hybridized carbons (Fsp3) is 0.800. The summed E-state index contributed by atoms with van der Waals surface area (Å²) in [5, 5.41) is 18.4. The molecule has 7 heteroatoms. The second-order valence-corrected chi connectivity index (χ2v) is 6.58. The molecule has 0 amide bonds. The van der Waals surface area contributed by atoms with E-state index in [2.05, 4.69) is 4.90 Å². The number of thioether (sulfide) groups is 2. The van der Waals surface area contributed by atoms with E-state index < -0.39 is 18.0 Å². The van der Waals surface area contributed by atoms with E-state index in [0.717, 1.165) is 11.5 Å². The normalized spacial score (nSPS) is 29.4. The summed E-state index contributed by atoms with van der Waals surface area (Å²) in [5.74, 6) is 0.286. The molecule has 3 atom stereocenters. The molecule has 2 N–H and O–H groups in total. The first-order valence-electron chi connectivity index (χ1n) is 5.55. The smallest absolute Gasteiger partial charge is 0.320 e. The molecular formula is C10H15NO4S2. The van der Waals surface area contributed by atoms with Crippen LogP contribution in [0.5, 0.6) is 0 Å². The van der Waals surface area contributed by atoms with Crippen molar-refractivity contribution in [2.75, 3.05) is 11.5 Å². The summed E-state index contributed by atoms with van der Waals surface area (Å²) in [5.41, 5.74) is 0. The maximum atomic E-state index is 11.3. The lowest BCUT2D eigenvalue weighted by Crippen LogP contribution is -2.44. The van der Waals surface area contributed by atoms with Crippen LogP contribution in [-0.2, 0) is 9.59 Å². The third-order valence-corrected chi connectivity index (χ3v) is 6.07. The molecular weight excluding hydrogens is 262 g/mol. The van der Waals surface area contributed by atoms with Gasteiger partial charge in [-0.05, 0) is 12.8 Å². The fourth-order valence-electron chi connectivity index (χ4n) is 2.26. The molecule has 2 bridgehead atoms. The van der Waals surface area contributed by atoms with E-state index in [1.807, 2.05) is 23.5 Å². The van der Waals surface area contributed by atoms with Crippen molar-refractivity contribution in [3.8, 4) is 0 Å². The fourth-order valence-corrected chi connectivity index (χ4v) is 5.63. The number of fused-ring (bicyclic) bond motifs is 2. The first-order chi connectivity index (χ1) is 8.09. The Bertz CT molecular complexity index is 305. The Morgan fingerprint density at radius 3 is 2.24 bits per heavy atom. The Morgan fingerprint density at radius 2 is 1.82 bits per heavy atom. The summed E-state index contributed by atoms with van der Waals surface area (Å²) in [7, 11) is 0. The number of aliphatic carboxylic acids is 2. The molecule has 0 spiro atoms. The molecule has 0 aliphatic carbocycles. The Balaban J connectivity index is 1.93. The molecule has 0 radical (unpaired) electrons. The van der Waals surface area contributed by atoms with Crippen LogP contribution in [-0.4, -0.2) is 55.3 Å². The summed E-state index contributed by atoms with van der Waals surface area (Å²) >= 11 is 3.62. The SMILES string of the molecule is O=C(O)CCCC(C(=O)O)N1C2CSC1CS2. The van der Waals surface area contributed by atoms with Gasteiger partial charge >= 0.3 is 11.9 Å². The van der Waals surface area contributed by atoms with Crippen molar-refractivity contribution in [2.24, 2.45) is 0 Å². The van der Waals surface area contributed by atoms with Gasteiger partial charge in [-0.15, -0.1) is 23.5 Å². The highest BCUT2D eigenvalue weighted by Gasteiger charge is 2.46. The zero-order valence-electron chi connectivity index (χ0n) is 9.24. The highest BCUT2D eigenvalue weighted by Crippen LogP contribution is 2.45. The van der Waals surface area contributed by atoms with Gasteiger partial charge in [0.05, 0.1) is 10.7 Å². The van der Waals surface area contributed by atoms with Gasteiger partial charge in [0.15, 0.2) is 0 Å². The third-order valence-electron chi connectivity index (χ3n) is 3.04. The average molecular weight is 277 g/mol. The Kier molecular flexibility index (Phi) is 4.22. The minimum atomic E-state index is -0.859. The van der Waals surface area contributed by atoms with Crippen molar-refractivity contribution < 1.29 is 19.8 Å². The second kappa shape index (κ2) is 5.49. The van der Waals surface area contributed by atoms with Crippen LogP contribution < -0.4 is 0 Å². The summed E-state index contributed by atoms with van der Waals surface area (Å²) in [4.78, 5) is 23.8. The lowest BCUT2D eigenvalue weighted by atomic mass is 10.1. The molecule has 17 heavy (non-hydrogen) atoms. The zero-order chi connectivity index (χ0) is 12.4. The Hall–Kier alpha value is -0.400. The molecule has 3 unspecified atom stereocenters. The first-order valence-corrected chi connectivity index (χ1v) is 7.64. The van der Waals surface area contributed by atoms with Crippen molar-refractivity contribution in [1.29, 1.82) is 0 Å². The summed E-state index contributed by atoms with van der Waals surface area (Å²) in [6, 6.07) is -0.519. The molecule has 0 aromatic rings. The van der Waals surface area contributed by atoms with Gasteiger partial charge in [0.2, 0.25) is 0 Å². The minimum Gasteiger partial charge on any atom is -0.481 e. The van der Waals surface area contributed by atoms with E-state index >= 15 is 0 Å². The van der Waals surface area contributed by atoms with Crippen LogP contribution in [0, 0.1) is 0 Å². The van der Waals surface area contributed by atoms with E-state index in [0.29, 0.717) is 23.6 Å². The first kappa shape index (κ1) is 13.0. The number of nitrogens with zero attached hydrogens (tertiary/aromatic N) is 1. The molecule has 2 rings (SSSR count). The predicted octanol–water partition coefficient (Wildman–Crippen LogP) is 1.14. The zero-order valence-corrected chi connectivity index (χ0v) is 10.9. The van der Waals surface area contributed by atoms with Gasteiger partial charge in [-0.3, -0.25) is 14.5 Å². The highest BCUT2D eigenvalue weighted by atomic mass is 32.2. The van der Waals surface area contributed by atoms with Crippen LogP contribution in [0.2, 0.25) is 0 Å². The molecule has 0 saturated carbocycles. The van der Waals surface area contributed by atoms with E-state index in [1.54, 1.807) is 0 Å². The molecule has 5 nitrogen and oxygen atoms in total. The van der Waals surface area contributed by atoms with Crippen molar-refractivity contribution >= 4 is 35.5 Å². The highest BCUT2D eigenvalue weighted by molar-refractivity contribution is 8.07. The van der Waals surface area contributed by atoms with Gasteiger partial charge in [-0.1, -0.05) is 0 Å². The number of rotatable bonds is 6. The maximum absolute atomic E-state index is 11.3. The van der Waals surface area contributed by atoms with Gasteiger partial charge in [-0.25, -0.2) is 0 Å². The Morgan fingerprint density at radius 1 is 1.24 bits per heavy atom. The van der Waals surface area contributed by atoms with Gasteiger partial charge in [-0.2, -0.15) is 0 Å². The molecule has 0 aromatic carbocycles.